The van der Waals surface area contributed by atoms with Gasteiger partial charge >= 0.3 is 0 Å². The zero-order chi connectivity index (χ0) is 19.8. The highest BCUT2D eigenvalue weighted by Gasteiger charge is 2.17. The van der Waals surface area contributed by atoms with Gasteiger partial charge in [0.25, 0.3) is 0 Å². The Morgan fingerprint density at radius 2 is 1.86 bits per heavy atom. The second kappa shape index (κ2) is 10.8. The predicted molar refractivity (Wildman–Crippen MR) is 110 cm³/mol. The summed E-state index contributed by atoms with van der Waals surface area (Å²) >= 11 is 0. The number of allylic oxidation sites excluding steroid dienone is 1. The predicted octanol–water partition coefficient (Wildman–Crippen LogP) is 2.99. The first-order chi connectivity index (χ1) is 13.1. The monoisotopic (exact) mass is 403 g/mol. The SMILES string of the molecule is COc1ccc(C(=CC#N)c2cccc(OC)c2OC)cc1NC(=O)CN.Cl. The van der Waals surface area contributed by atoms with Gasteiger partial charge in [0, 0.05) is 17.2 Å². The van der Waals surface area contributed by atoms with Crippen molar-refractivity contribution in [3.8, 4) is 23.3 Å². The minimum atomic E-state index is -0.352. The number of nitrogens with one attached hydrogen (secondary N) is 1. The van der Waals surface area contributed by atoms with Crippen LogP contribution in [-0.2, 0) is 4.79 Å². The van der Waals surface area contributed by atoms with Gasteiger partial charge in [-0.15, -0.1) is 12.4 Å². The van der Waals surface area contributed by atoms with E-state index in [9.17, 15) is 10.1 Å². The van der Waals surface area contributed by atoms with Gasteiger partial charge in [0.2, 0.25) is 5.91 Å². The summed E-state index contributed by atoms with van der Waals surface area (Å²) in [5.41, 5.74) is 7.82. The van der Waals surface area contributed by atoms with Gasteiger partial charge in [0.05, 0.1) is 39.6 Å². The molecule has 148 valence electrons. The van der Waals surface area contributed by atoms with Crippen LogP contribution in [0.5, 0.6) is 17.2 Å². The number of methoxy groups -OCH3 is 3. The van der Waals surface area contributed by atoms with Crippen LogP contribution in [0.1, 0.15) is 11.1 Å². The maximum absolute atomic E-state index is 11.7. The fourth-order valence-electron chi connectivity index (χ4n) is 2.65. The van der Waals surface area contributed by atoms with Crippen molar-refractivity contribution < 1.29 is 19.0 Å². The molecular weight excluding hydrogens is 382 g/mol. The van der Waals surface area contributed by atoms with Crippen LogP contribution >= 0.6 is 12.4 Å². The Hall–Kier alpha value is -3.21. The molecule has 2 aromatic carbocycles. The molecule has 0 heterocycles. The van der Waals surface area contributed by atoms with E-state index in [4.69, 9.17) is 19.9 Å². The lowest BCUT2D eigenvalue weighted by Gasteiger charge is -2.17. The number of ether oxygens (including phenoxy) is 3. The number of nitrogens with two attached hydrogens (primary N) is 1. The lowest BCUT2D eigenvalue weighted by Crippen LogP contribution is -2.22. The Kier molecular flexibility index (Phi) is 8.82. The Morgan fingerprint density at radius 3 is 2.43 bits per heavy atom. The average molecular weight is 404 g/mol. The molecule has 0 radical (unpaired) electrons. The Labute approximate surface area is 170 Å². The molecule has 0 aromatic heterocycles. The first-order valence-corrected chi connectivity index (χ1v) is 8.09. The molecule has 7 nitrogen and oxygen atoms in total. The molecule has 0 aliphatic heterocycles. The van der Waals surface area contributed by atoms with Gasteiger partial charge in [-0.05, 0) is 23.8 Å². The maximum Gasteiger partial charge on any atom is 0.238 e. The van der Waals surface area contributed by atoms with E-state index >= 15 is 0 Å². The number of benzene rings is 2. The van der Waals surface area contributed by atoms with Gasteiger partial charge in [-0.3, -0.25) is 4.79 Å². The van der Waals surface area contributed by atoms with Crippen LogP contribution in [0, 0.1) is 11.3 Å². The standard InChI is InChI=1S/C20H21N3O4.ClH/c1-25-17-8-7-13(11-16(17)23-19(24)12-22)14(9-10-21)15-5-4-6-18(26-2)20(15)27-3;/h4-9,11H,12,22H2,1-3H3,(H,23,24);1H. The molecule has 2 aromatic rings. The van der Waals surface area contributed by atoms with Crippen molar-refractivity contribution in [2.75, 3.05) is 33.2 Å². The van der Waals surface area contributed by atoms with Crippen molar-refractivity contribution in [3.05, 3.63) is 53.6 Å². The Balaban J connectivity index is 0.00000392. The van der Waals surface area contributed by atoms with E-state index in [0.717, 1.165) is 0 Å². The van der Waals surface area contributed by atoms with Crippen molar-refractivity contribution in [2.24, 2.45) is 5.73 Å². The van der Waals surface area contributed by atoms with Crippen molar-refractivity contribution in [1.29, 1.82) is 5.26 Å². The van der Waals surface area contributed by atoms with E-state index in [1.54, 1.807) is 31.4 Å². The van der Waals surface area contributed by atoms with E-state index in [1.807, 2.05) is 12.1 Å². The summed E-state index contributed by atoms with van der Waals surface area (Å²) in [5, 5.41) is 12.0. The minimum absolute atomic E-state index is 0. The summed E-state index contributed by atoms with van der Waals surface area (Å²) < 4.78 is 16.1. The number of carbonyl (C=O) groups is 1. The van der Waals surface area contributed by atoms with E-state index < -0.39 is 0 Å². The number of amides is 1. The number of hydrogen-bond donors (Lipinski definition) is 2. The van der Waals surface area contributed by atoms with Crippen LogP contribution in [0.25, 0.3) is 5.57 Å². The van der Waals surface area contributed by atoms with Crippen LogP contribution in [0.2, 0.25) is 0 Å². The third-order valence-electron chi connectivity index (χ3n) is 3.87. The van der Waals surface area contributed by atoms with Gasteiger partial charge in [-0.25, -0.2) is 0 Å². The van der Waals surface area contributed by atoms with Gasteiger partial charge < -0.3 is 25.3 Å². The molecule has 0 aliphatic rings. The summed E-state index contributed by atoms with van der Waals surface area (Å²) in [6, 6.07) is 12.7. The molecule has 0 unspecified atom stereocenters. The number of para-hydroxylation sites is 1. The van der Waals surface area contributed by atoms with Gasteiger partial charge in [-0.1, -0.05) is 18.2 Å². The van der Waals surface area contributed by atoms with E-state index in [1.165, 1.54) is 20.3 Å². The highest BCUT2D eigenvalue weighted by Crippen LogP contribution is 2.39. The second-order valence-electron chi connectivity index (χ2n) is 5.40. The molecule has 3 N–H and O–H groups in total. The lowest BCUT2D eigenvalue weighted by atomic mass is 9.95. The molecule has 0 saturated carbocycles. The first-order valence-electron chi connectivity index (χ1n) is 8.09. The second-order valence-corrected chi connectivity index (χ2v) is 5.40. The van der Waals surface area contributed by atoms with Crippen molar-refractivity contribution in [3.63, 3.8) is 0 Å². The zero-order valence-electron chi connectivity index (χ0n) is 15.8. The van der Waals surface area contributed by atoms with Crippen LogP contribution in [-0.4, -0.2) is 33.8 Å². The molecule has 1 amide bonds. The van der Waals surface area contributed by atoms with Gasteiger partial charge in [0.15, 0.2) is 11.5 Å². The molecule has 8 heteroatoms. The number of nitriles is 1. The molecule has 0 aliphatic carbocycles. The summed E-state index contributed by atoms with van der Waals surface area (Å²) in [6.45, 7) is -0.155. The van der Waals surface area contributed by atoms with E-state index in [0.29, 0.717) is 39.6 Å². The molecule has 28 heavy (non-hydrogen) atoms. The summed E-state index contributed by atoms with van der Waals surface area (Å²) in [5.74, 6) is 1.18. The molecule has 2 rings (SSSR count). The van der Waals surface area contributed by atoms with Crippen LogP contribution in [0.15, 0.2) is 42.5 Å². The van der Waals surface area contributed by atoms with Crippen LogP contribution in [0.3, 0.4) is 0 Å². The first kappa shape index (κ1) is 22.8. The Morgan fingerprint density at radius 1 is 1.14 bits per heavy atom. The fraction of sp³-hybridized carbons (Fsp3) is 0.200. The third-order valence-corrected chi connectivity index (χ3v) is 3.87. The lowest BCUT2D eigenvalue weighted by molar-refractivity contribution is -0.114. The quantitative estimate of drug-likeness (QED) is 0.688. The van der Waals surface area contributed by atoms with Crippen LogP contribution < -0.4 is 25.3 Å². The topological polar surface area (TPSA) is 107 Å². The van der Waals surface area contributed by atoms with Crippen molar-refractivity contribution in [1.82, 2.24) is 0 Å². The molecular formula is C20H22ClN3O4. The Bertz CT molecular complexity index is 907. The van der Waals surface area contributed by atoms with Gasteiger partial charge in [0.1, 0.15) is 5.75 Å². The highest BCUT2D eigenvalue weighted by atomic mass is 35.5. The average Bonchev–Trinajstić information content (AvgIpc) is 2.71. The third kappa shape index (κ3) is 4.94. The van der Waals surface area contributed by atoms with Gasteiger partial charge in [-0.2, -0.15) is 5.26 Å². The highest BCUT2D eigenvalue weighted by molar-refractivity contribution is 5.95. The molecule has 0 atom stereocenters. The molecule has 0 spiro atoms. The molecule has 0 bridgehead atoms. The summed E-state index contributed by atoms with van der Waals surface area (Å²) in [7, 11) is 4.58. The number of hydrogen-bond acceptors (Lipinski definition) is 6. The molecule has 0 fully saturated rings. The largest absolute Gasteiger partial charge is 0.495 e. The van der Waals surface area contributed by atoms with E-state index in [-0.39, 0.29) is 24.9 Å². The van der Waals surface area contributed by atoms with Crippen LogP contribution in [0.4, 0.5) is 5.69 Å². The number of halogens is 1. The zero-order valence-corrected chi connectivity index (χ0v) is 16.6. The number of rotatable bonds is 7. The maximum atomic E-state index is 11.7. The molecule has 0 saturated heterocycles. The van der Waals surface area contributed by atoms with E-state index in [2.05, 4.69) is 11.4 Å². The normalized spacial score (nSPS) is 10.3. The van der Waals surface area contributed by atoms with Crippen molar-refractivity contribution >= 4 is 29.6 Å². The fourth-order valence-corrected chi connectivity index (χ4v) is 2.65. The number of nitrogens with zero attached hydrogens (tertiary/aromatic N) is 1. The summed E-state index contributed by atoms with van der Waals surface area (Å²) in [6.07, 6.45) is 1.41. The summed E-state index contributed by atoms with van der Waals surface area (Å²) in [4.78, 5) is 11.7. The smallest absolute Gasteiger partial charge is 0.238 e. The number of carbonyl (C=O) groups excluding carboxylic acids is 1. The van der Waals surface area contributed by atoms with Crippen molar-refractivity contribution in [2.45, 2.75) is 0 Å². The minimum Gasteiger partial charge on any atom is -0.495 e. The number of anilines is 1.